The summed E-state index contributed by atoms with van der Waals surface area (Å²) in [5, 5.41) is 0. The standard InChI is InChI=1S/C7H18N.CH2O/c1-5-8(4,6-2)7-3;1-2/h5-7H2,1-4H3;1H2/q+1;. The molecular formula is C8H20NO+. The summed E-state index contributed by atoms with van der Waals surface area (Å²) in [6.45, 7) is 12.5. The minimum atomic E-state index is 1.21. The lowest BCUT2D eigenvalue weighted by atomic mass is 10.4. The van der Waals surface area contributed by atoms with E-state index >= 15 is 0 Å². The molecule has 2 heteroatoms. The highest BCUT2D eigenvalue weighted by atomic mass is 16.1. The highest BCUT2D eigenvalue weighted by Crippen LogP contribution is 1.97. The van der Waals surface area contributed by atoms with E-state index in [0.29, 0.717) is 0 Å². The first-order valence-electron chi connectivity index (χ1n) is 3.81. The van der Waals surface area contributed by atoms with E-state index in [-0.39, 0.29) is 0 Å². The van der Waals surface area contributed by atoms with Crippen molar-refractivity contribution in [1.82, 2.24) is 0 Å². The minimum Gasteiger partial charge on any atom is -0.327 e. The van der Waals surface area contributed by atoms with Gasteiger partial charge in [-0.1, -0.05) is 0 Å². The first-order chi connectivity index (χ1) is 4.68. The summed E-state index contributed by atoms with van der Waals surface area (Å²) in [6.07, 6.45) is 0. The van der Waals surface area contributed by atoms with Gasteiger partial charge >= 0.3 is 0 Å². The Morgan fingerprint density at radius 2 is 1.20 bits per heavy atom. The number of hydrogen-bond acceptors (Lipinski definition) is 1. The van der Waals surface area contributed by atoms with Crippen molar-refractivity contribution in [3.05, 3.63) is 0 Å². The Morgan fingerprint density at radius 1 is 1.00 bits per heavy atom. The van der Waals surface area contributed by atoms with Gasteiger partial charge in [0, 0.05) is 0 Å². The summed E-state index contributed by atoms with van der Waals surface area (Å²) in [6, 6.07) is 0. The fourth-order valence-electron chi connectivity index (χ4n) is 0.671. The van der Waals surface area contributed by atoms with Crippen molar-refractivity contribution in [1.29, 1.82) is 0 Å². The lowest BCUT2D eigenvalue weighted by molar-refractivity contribution is -0.904. The summed E-state index contributed by atoms with van der Waals surface area (Å²) in [5.74, 6) is 0. The summed E-state index contributed by atoms with van der Waals surface area (Å²) in [7, 11) is 2.29. The van der Waals surface area contributed by atoms with Gasteiger partial charge in [0.2, 0.25) is 0 Å². The molecule has 0 aliphatic heterocycles. The van der Waals surface area contributed by atoms with Gasteiger partial charge in [0.25, 0.3) is 0 Å². The molecule has 0 spiro atoms. The third-order valence-electron chi connectivity index (χ3n) is 2.29. The molecule has 0 aromatic carbocycles. The van der Waals surface area contributed by atoms with Crippen molar-refractivity contribution in [2.75, 3.05) is 26.7 Å². The molecule has 0 rings (SSSR count). The third-order valence-corrected chi connectivity index (χ3v) is 2.29. The quantitative estimate of drug-likeness (QED) is 0.549. The van der Waals surface area contributed by atoms with Crippen molar-refractivity contribution in [3.63, 3.8) is 0 Å². The predicted molar refractivity (Wildman–Crippen MR) is 44.9 cm³/mol. The van der Waals surface area contributed by atoms with Crippen molar-refractivity contribution < 1.29 is 9.28 Å². The monoisotopic (exact) mass is 146 g/mol. The molecule has 0 fully saturated rings. The fourth-order valence-corrected chi connectivity index (χ4v) is 0.671. The average Bonchev–Trinajstić information content (AvgIpc) is 2.07. The van der Waals surface area contributed by atoms with Crippen molar-refractivity contribution in [3.8, 4) is 0 Å². The zero-order chi connectivity index (χ0) is 8.62. The number of hydrogen-bond donors (Lipinski definition) is 0. The van der Waals surface area contributed by atoms with Gasteiger partial charge < -0.3 is 9.28 Å². The van der Waals surface area contributed by atoms with E-state index in [1.165, 1.54) is 24.1 Å². The third kappa shape index (κ3) is 4.50. The first kappa shape index (κ1) is 12.3. The maximum Gasteiger partial charge on any atom is 0.106 e. The van der Waals surface area contributed by atoms with Gasteiger partial charge in [-0.25, -0.2) is 0 Å². The normalized spacial score (nSPS) is 10.0. The molecule has 0 saturated carbocycles. The largest absolute Gasteiger partial charge is 0.327 e. The Bertz CT molecular complexity index is 61.4. The highest BCUT2D eigenvalue weighted by Gasteiger charge is 2.10. The Morgan fingerprint density at radius 3 is 1.20 bits per heavy atom. The molecule has 0 aliphatic rings. The number of rotatable bonds is 3. The topological polar surface area (TPSA) is 17.1 Å². The van der Waals surface area contributed by atoms with Crippen LogP contribution in [0.2, 0.25) is 0 Å². The van der Waals surface area contributed by atoms with Crippen LogP contribution < -0.4 is 0 Å². The maximum absolute atomic E-state index is 8.00. The highest BCUT2D eigenvalue weighted by molar-refractivity contribution is 5.10. The van der Waals surface area contributed by atoms with Gasteiger partial charge in [-0.15, -0.1) is 0 Å². The average molecular weight is 146 g/mol. The summed E-state index contributed by atoms with van der Waals surface area (Å²) < 4.78 is 1.21. The van der Waals surface area contributed by atoms with Crippen LogP contribution in [0.15, 0.2) is 0 Å². The smallest absolute Gasteiger partial charge is 0.106 e. The molecule has 0 radical (unpaired) electrons. The molecule has 0 aromatic rings. The molecule has 0 N–H and O–H groups in total. The second-order valence-corrected chi connectivity index (χ2v) is 2.57. The summed E-state index contributed by atoms with van der Waals surface area (Å²) in [5.41, 5.74) is 0. The van der Waals surface area contributed by atoms with Gasteiger partial charge in [-0.05, 0) is 20.8 Å². The van der Waals surface area contributed by atoms with E-state index in [9.17, 15) is 0 Å². The van der Waals surface area contributed by atoms with Gasteiger partial charge in [0.15, 0.2) is 0 Å². The lowest BCUT2D eigenvalue weighted by Gasteiger charge is -2.30. The molecule has 2 nitrogen and oxygen atoms in total. The van der Waals surface area contributed by atoms with Crippen LogP contribution in [0.5, 0.6) is 0 Å². The first-order valence-corrected chi connectivity index (χ1v) is 3.81. The van der Waals surface area contributed by atoms with Crippen LogP contribution in [-0.4, -0.2) is 38.0 Å². The Labute approximate surface area is 64.4 Å². The van der Waals surface area contributed by atoms with Crippen LogP contribution in [0, 0.1) is 0 Å². The minimum absolute atomic E-state index is 1.21. The van der Waals surface area contributed by atoms with E-state index in [1.807, 2.05) is 6.79 Å². The Hall–Kier alpha value is -0.370. The Kier molecular flexibility index (Phi) is 8.31. The zero-order valence-electron chi connectivity index (χ0n) is 7.68. The van der Waals surface area contributed by atoms with Crippen molar-refractivity contribution in [2.24, 2.45) is 0 Å². The van der Waals surface area contributed by atoms with Crippen molar-refractivity contribution >= 4 is 6.79 Å². The van der Waals surface area contributed by atoms with Crippen LogP contribution in [0.25, 0.3) is 0 Å². The van der Waals surface area contributed by atoms with E-state index in [1.54, 1.807) is 0 Å². The van der Waals surface area contributed by atoms with Crippen molar-refractivity contribution in [2.45, 2.75) is 20.8 Å². The fraction of sp³-hybridized carbons (Fsp3) is 0.875. The zero-order valence-corrected chi connectivity index (χ0v) is 7.68. The van der Waals surface area contributed by atoms with Gasteiger partial charge in [-0.3, -0.25) is 0 Å². The molecule has 0 atom stereocenters. The molecular weight excluding hydrogens is 126 g/mol. The molecule has 0 aliphatic carbocycles. The van der Waals surface area contributed by atoms with Gasteiger partial charge in [0.1, 0.15) is 6.79 Å². The lowest BCUT2D eigenvalue weighted by Crippen LogP contribution is -2.42. The predicted octanol–water partition coefficient (Wildman–Crippen LogP) is 1.31. The van der Waals surface area contributed by atoms with E-state index < -0.39 is 0 Å². The number of carbonyl (C=O) groups excluding carboxylic acids is 1. The summed E-state index contributed by atoms with van der Waals surface area (Å²) >= 11 is 0. The second-order valence-electron chi connectivity index (χ2n) is 2.57. The molecule has 62 valence electrons. The van der Waals surface area contributed by atoms with E-state index in [0.717, 1.165) is 0 Å². The molecule has 0 bridgehead atoms. The number of nitrogens with zero attached hydrogens (tertiary/aromatic N) is 1. The van der Waals surface area contributed by atoms with Crippen LogP contribution in [0.4, 0.5) is 0 Å². The van der Waals surface area contributed by atoms with Crippen LogP contribution >= 0.6 is 0 Å². The van der Waals surface area contributed by atoms with E-state index in [4.69, 9.17) is 4.79 Å². The maximum atomic E-state index is 8.00. The molecule has 0 amide bonds. The number of quaternary nitrogens is 1. The second kappa shape index (κ2) is 6.75. The summed E-state index contributed by atoms with van der Waals surface area (Å²) in [4.78, 5) is 8.00. The molecule has 0 heterocycles. The molecule has 0 aromatic heterocycles. The van der Waals surface area contributed by atoms with Crippen LogP contribution in [0.1, 0.15) is 20.8 Å². The van der Waals surface area contributed by atoms with E-state index in [2.05, 4.69) is 27.8 Å². The van der Waals surface area contributed by atoms with Gasteiger partial charge in [0.05, 0.1) is 26.7 Å². The SMILES string of the molecule is C=O.CC[N+](C)(CC)CC. The van der Waals surface area contributed by atoms with Crippen LogP contribution in [-0.2, 0) is 4.79 Å². The van der Waals surface area contributed by atoms with Crippen LogP contribution in [0.3, 0.4) is 0 Å². The number of carbonyl (C=O) groups is 1. The molecule has 10 heavy (non-hydrogen) atoms. The molecule has 0 unspecified atom stereocenters. The van der Waals surface area contributed by atoms with Gasteiger partial charge in [-0.2, -0.15) is 0 Å². The Balaban J connectivity index is 0. The molecule has 0 saturated heterocycles.